The maximum atomic E-state index is 12.0. The first-order chi connectivity index (χ1) is 11.8. The van der Waals surface area contributed by atoms with Crippen LogP contribution in [0.15, 0.2) is 41.9 Å². The zero-order chi connectivity index (χ0) is 16.6. The van der Waals surface area contributed by atoms with Crippen LogP contribution in [0.3, 0.4) is 0 Å². The lowest BCUT2D eigenvalue weighted by Gasteiger charge is -2.24. The maximum Gasteiger partial charge on any atom is 0.314 e. The lowest BCUT2D eigenvalue weighted by Crippen LogP contribution is -2.44. The van der Waals surface area contributed by atoms with Crippen LogP contribution in [0.4, 0.5) is 9.93 Å². The lowest BCUT2D eigenvalue weighted by atomic mass is 10.1. The molecule has 1 aliphatic rings. The van der Waals surface area contributed by atoms with Crippen molar-refractivity contribution < 1.29 is 4.79 Å². The molecule has 0 saturated carbocycles. The van der Waals surface area contributed by atoms with Crippen molar-refractivity contribution in [2.75, 3.05) is 24.5 Å². The molecule has 24 heavy (non-hydrogen) atoms. The maximum absolute atomic E-state index is 12.0. The molecule has 2 aromatic rings. The highest BCUT2D eigenvalue weighted by Crippen LogP contribution is 2.26. The van der Waals surface area contributed by atoms with Gasteiger partial charge < -0.3 is 15.5 Å². The van der Waals surface area contributed by atoms with Crippen molar-refractivity contribution in [3.05, 3.63) is 47.5 Å². The minimum absolute atomic E-state index is 0.0750. The molecule has 2 heterocycles. The van der Waals surface area contributed by atoms with Crippen molar-refractivity contribution in [1.29, 1.82) is 0 Å². The number of rotatable bonds is 7. The summed E-state index contributed by atoms with van der Waals surface area (Å²) >= 11 is 1.66. The number of anilines is 1. The molecule has 6 heteroatoms. The molecule has 128 valence electrons. The molecule has 2 N–H and O–H groups in total. The van der Waals surface area contributed by atoms with Gasteiger partial charge in [0.2, 0.25) is 0 Å². The van der Waals surface area contributed by atoms with Gasteiger partial charge in [0.15, 0.2) is 5.13 Å². The van der Waals surface area contributed by atoms with E-state index in [2.05, 4.69) is 32.7 Å². The summed E-state index contributed by atoms with van der Waals surface area (Å²) in [5.74, 6) is 0. The zero-order valence-corrected chi connectivity index (χ0v) is 14.6. The van der Waals surface area contributed by atoms with E-state index in [1.54, 1.807) is 11.3 Å². The van der Waals surface area contributed by atoms with Crippen molar-refractivity contribution in [2.45, 2.75) is 31.7 Å². The Balaban J connectivity index is 1.33. The number of hydrogen-bond donors (Lipinski definition) is 2. The molecular weight excluding hydrogens is 320 g/mol. The van der Waals surface area contributed by atoms with Crippen LogP contribution in [0.25, 0.3) is 0 Å². The van der Waals surface area contributed by atoms with Gasteiger partial charge in [-0.3, -0.25) is 0 Å². The molecule has 2 amide bonds. The van der Waals surface area contributed by atoms with Gasteiger partial charge >= 0.3 is 6.03 Å². The van der Waals surface area contributed by atoms with Crippen LogP contribution in [-0.2, 0) is 6.42 Å². The van der Waals surface area contributed by atoms with Gasteiger partial charge in [0.05, 0.1) is 0 Å². The Hall–Kier alpha value is -2.08. The number of benzene rings is 1. The Labute approximate surface area is 147 Å². The molecule has 3 rings (SSSR count). The fourth-order valence-corrected chi connectivity index (χ4v) is 3.81. The average Bonchev–Trinajstić information content (AvgIpc) is 3.28. The second-order valence-electron chi connectivity index (χ2n) is 6.03. The highest BCUT2D eigenvalue weighted by atomic mass is 32.1. The third-order valence-electron chi connectivity index (χ3n) is 4.31. The summed E-state index contributed by atoms with van der Waals surface area (Å²) < 4.78 is 0. The molecule has 5 nitrogen and oxygen atoms in total. The molecule has 0 bridgehead atoms. The lowest BCUT2D eigenvalue weighted by molar-refractivity contribution is 0.240. The van der Waals surface area contributed by atoms with E-state index in [1.807, 2.05) is 29.8 Å². The summed E-state index contributed by atoms with van der Waals surface area (Å²) in [5, 5.41) is 9.00. The van der Waals surface area contributed by atoms with Crippen molar-refractivity contribution in [1.82, 2.24) is 15.6 Å². The minimum atomic E-state index is -0.0750. The molecule has 1 aromatic carbocycles. The van der Waals surface area contributed by atoms with Crippen molar-refractivity contribution in [3.63, 3.8) is 0 Å². The van der Waals surface area contributed by atoms with Gasteiger partial charge in [0, 0.05) is 37.3 Å². The Morgan fingerprint density at radius 1 is 1.29 bits per heavy atom. The fraction of sp³-hybridized carbons (Fsp3) is 0.444. The molecule has 0 radical (unpaired) electrons. The Kier molecular flexibility index (Phi) is 6.07. The van der Waals surface area contributed by atoms with E-state index in [1.165, 1.54) is 5.56 Å². The van der Waals surface area contributed by atoms with E-state index >= 15 is 0 Å². The normalized spacial score (nSPS) is 17.0. The predicted octanol–water partition coefficient (Wildman–Crippen LogP) is 3.04. The first-order valence-electron chi connectivity index (χ1n) is 8.54. The predicted molar refractivity (Wildman–Crippen MR) is 98.6 cm³/mol. The quantitative estimate of drug-likeness (QED) is 0.759. The highest BCUT2D eigenvalue weighted by molar-refractivity contribution is 7.13. The zero-order valence-electron chi connectivity index (χ0n) is 13.8. The molecule has 1 aromatic heterocycles. The van der Waals surface area contributed by atoms with Gasteiger partial charge in [-0.2, -0.15) is 0 Å². The van der Waals surface area contributed by atoms with Crippen LogP contribution in [0.5, 0.6) is 0 Å². The number of hydrogen-bond acceptors (Lipinski definition) is 4. The molecule has 0 unspecified atom stereocenters. The number of amides is 2. The van der Waals surface area contributed by atoms with E-state index in [0.29, 0.717) is 19.1 Å². The Bertz CT molecular complexity index is 617. The highest BCUT2D eigenvalue weighted by Gasteiger charge is 2.26. The molecule has 1 aliphatic heterocycles. The largest absolute Gasteiger partial charge is 0.343 e. The fourth-order valence-electron chi connectivity index (χ4n) is 3.07. The van der Waals surface area contributed by atoms with Crippen molar-refractivity contribution >= 4 is 22.5 Å². The summed E-state index contributed by atoms with van der Waals surface area (Å²) in [6, 6.07) is 10.6. The Morgan fingerprint density at radius 3 is 2.96 bits per heavy atom. The third kappa shape index (κ3) is 4.71. The van der Waals surface area contributed by atoms with Gasteiger partial charge in [-0.05, 0) is 31.2 Å². The summed E-state index contributed by atoms with van der Waals surface area (Å²) in [7, 11) is 0. The number of nitrogens with zero attached hydrogens (tertiary/aromatic N) is 2. The molecule has 1 saturated heterocycles. The number of carbonyl (C=O) groups excluding carboxylic acids is 1. The SMILES string of the molecule is O=C(NCCCc1ccccc1)NC[C@@H]1CCCN1c1nccs1. The minimum Gasteiger partial charge on any atom is -0.343 e. The van der Waals surface area contributed by atoms with Crippen molar-refractivity contribution in [3.8, 4) is 0 Å². The van der Waals surface area contributed by atoms with Crippen LogP contribution in [-0.4, -0.2) is 36.7 Å². The second kappa shape index (κ2) is 8.68. The summed E-state index contributed by atoms with van der Waals surface area (Å²) in [6.45, 7) is 2.39. The number of aryl methyl sites for hydroxylation is 1. The van der Waals surface area contributed by atoms with Crippen LogP contribution in [0.2, 0.25) is 0 Å². The molecule has 1 atom stereocenters. The van der Waals surface area contributed by atoms with Crippen LogP contribution >= 0.6 is 11.3 Å². The number of nitrogens with one attached hydrogen (secondary N) is 2. The summed E-state index contributed by atoms with van der Waals surface area (Å²) in [5.41, 5.74) is 1.31. The van der Waals surface area contributed by atoms with E-state index in [0.717, 1.165) is 37.4 Å². The van der Waals surface area contributed by atoms with Gasteiger partial charge in [-0.15, -0.1) is 11.3 Å². The first-order valence-corrected chi connectivity index (χ1v) is 9.42. The summed E-state index contributed by atoms with van der Waals surface area (Å²) in [4.78, 5) is 18.6. The monoisotopic (exact) mass is 344 g/mol. The molecule has 0 spiro atoms. The second-order valence-corrected chi connectivity index (χ2v) is 6.90. The average molecular weight is 344 g/mol. The van der Waals surface area contributed by atoms with Gasteiger partial charge in [-0.25, -0.2) is 9.78 Å². The van der Waals surface area contributed by atoms with Gasteiger partial charge in [-0.1, -0.05) is 30.3 Å². The van der Waals surface area contributed by atoms with Gasteiger partial charge in [0.25, 0.3) is 0 Å². The number of aromatic nitrogens is 1. The van der Waals surface area contributed by atoms with E-state index < -0.39 is 0 Å². The van der Waals surface area contributed by atoms with Crippen LogP contribution < -0.4 is 15.5 Å². The van der Waals surface area contributed by atoms with E-state index in [4.69, 9.17) is 0 Å². The first kappa shape index (κ1) is 16.8. The van der Waals surface area contributed by atoms with E-state index in [9.17, 15) is 4.79 Å². The topological polar surface area (TPSA) is 57.3 Å². The number of carbonyl (C=O) groups is 1. The summed E-state index contributed by atoms with van der Waals surface area (Å²) in [6.07, 6.45) is 6.04. The third-order valence-corrected chi connectivity index (χ3v) is 5.12. The molecular formula is C18H24N4OS. The van der Waals surface area contributed by atoms with Gasteiger partial charge in [0.1, 0.15) is 0 Å². The number of thiazole rings is 1. The molecule has 1 fully saturated rings. The smallest absolute Gasteiger partial charge is 0.314 e. The van der Waals surface area contributed by atoms with Crippen LogP contribution in [0, 0.1) is 0 Å². The Morgan fingerprint density at radius 2 is 2.17 bits per heavy atom. The number of urea groups is 1. The molecule has 0 aliphatic carbocycles. The van der Waals surface area contributed by atoms with Crippen LogP contribution in [0.1, 0.15) is 24.8 Å². The van der Waals surface area contributed by atoms with Crippen molar-refractivity contribution in [2.24, 2.45) is 0 Å². The van der Waals surface area contributed by atoms with E-state index in [-0.39, 0.29) is 6.03 Å². The standard InChI is InChI=1S/C18H24N4OS/c23-17(19-10-4-8-15-6-2-1-3-7-15)21-14-16-9-5-12-22(16)18-20-11-13-24-18/h1-3,6-7,11,13,16H,4-5,8-10,12,14H2,(H2,19,21,23)/t16-/m0/s1.